The lowest BCUT2D eigenvalue weighted by atomic mass is 9.98. The summed E-state index contributed by atoms with van der Waals surface area (Å²) in [5, 5.41) is 0. The molecule has 2 aromatic rings. The van der Waals surface area contributed by atoms with Gasteiger partial charge in [-0.25, -0.2) is 15.0 Å². The van der Waals surface area contributed by atoms with E-state index in [4.69, 9.17) is 14.2 Å². The summed E-state index contributed by atoms with van der Waals surface area (Å²) in [5.41, 5.74) is 3.70. The SMILES string of the molecule is COCC(C)Oc1ccc2c(c1)C(c1cc(N3CC(OC)C3)ncn1)=N2. The molecule has 1 unspecified atom stereocenters. The number of aliphatic imine (C=N–C) groups is 1. The van der Waals surface area contributed by atoms with Crippen LogP contribution in [0, 0.1) is 0 Å². The fourth-order valence-corrected chi connectivity index (χ4v) is 3.12. The van der Waals surface area contributed by atoms with Gasteiger partial charge in [-0.05, 0) is 25.1 Å². The van der Waals surface area contributed by atoms with E-state index >= 15 is 0 Å². The van der Waals surface area contributed by atoms with Gasteiger partial charge in [0.05, 0.1) is 29.8 Å². The van der Waals surface area contributed by atoms with Crippen LogP contribution in [0.1, 0.15) is 18.2 Å². The number of rotatable bonds is 7. The van der Waals surface area contributed by atoms with Crippen molar-refractivity contribution in [3.8, 4) is 5.75 Å². The molecular weight excluding hydrogens is 332 g/mol. The van der Waals surface area contributed by atoms with Crippen molar-refractivity contribution in [3.63, 3.8) is 0 Å². The van der Waals surface area contributed by atoms with Crippen molar-refractivity contribution >= 4 is 17.2 Å². The van der Waals surface area contributed by atoms with Crippen LogP contribution in [0.3, 0.4) is 0 Å². The Morgan fingerprint density at radius 2 is 2.04 bits per heavy atom. The number of hydrogen-bond donors (Lipinski definition) is 0. The van der Waals surface area contributed by atoms with Crippen molar-refractivity contribution in [1.82, 2.24) is 9.97 Å². The highest BCUT2D eigenvalue weighted by Crippen LogP contribution is 2.36. The van der Waals surface area contributed by atoms with Crippen molar-refractivity contribution < 1.29 is 14.2 Å². The number of aromatic nitrogens is 2. The van der Waals surface area contributed by atoms with E-state index in [9.17, 15) is 0 Å². The second kappa shape index (κ2) is 7.01. The molecule has 26 heavy (non-hydrogen) atoms. The first-order chi connectivity index (χ1) is 12.7. The van der Waals surface area contributed by atoms with Crippen LogP contribution in [0.5, 0.6) is 5.75 Å². The minimum absolute atomic E-state index is 0.00989. The van der Waals surface area contributed by atoms with E-state index in [0.29, 0.717) is 6.61 Å². The Bertz CT molecular complexity index is 833. The molecule has 2 aliphatic rings. The van der Waals surface area contributed by atoms with Crippen LogP contribution < -0.4 is 9.64 Å². The molecule has 7 nitrogen and oxygen atoms in total. The average molecular weight is 354 g/mol. The molecule has 1 aromatic carbocycles. The molecule has 3 heterocycles. The fourth-order valence-electron chi connectivity index (χ4n) is 3.12. The third-order valence-corrected chi connectivity index (χ3v) is 4.59. The number of ether oxygens (including phenoxy) is 3. The van der Waals surface area contributed by atoms with Gasteiger partial charge in [-0.15, -0.1) is 0 Å². The number of methoxy groups -OCH3 is 2. The summed E-state index contributed by atoms with van der Waals surface area (Å²) >= 11 is 0. The highest BCUT2D eigenvalue weighted by molar-refractivity contribution is 6.21. The normalized spacial score (nSPS) is 17.0. The monoisotopic (exact) mass is 354 g/mol. The topological polar surface area (TPSA) is 69.1 Å². The summed E-state index contributed by atoms with van der Waals surface area (Å²) < 4.78 is 16.3. The highest BCUT2D eigenvalue weighted by atomic mass is 16.5. The number of nitrogens with zero attached hydrogens (tertiary/aromatic N) is 4. The molecule has 1 saturated heterocycles. The van der Waals surface area contributed by atoms with E-state index < -0.39 is 0 Å². The van der Waals surface area contributed by atoms with Crippen LogP contribution in [0.2, 0.25) is 0 Å². The zero-order valence-electron chi connectivity index (χ0n) is 15.2. The van der Waals surface area contributed by atoms with Crippen LogP contribution in [0.25, 0.3) is 0 Å². The zero-order valence-corrected chi connectivity index (χ0v) is 15.2. The lowest BCUT2D eigenvalue weighted by Gasteiger charge is -2.39. The van der Waals surface area contributed by atoms with Gasteiger partial charge in [0, 0.05) is 38.9 Å². The Morgan fingerprint density at radius 1 is 1.19 bits per heavy atom. The maximum Gasteiger partial charge on any atom is 0.132 e. The predicted octanol–water partition coefficient (Wildman–Crippen LogP) is 2.21. The van der Waals surface area contributed by atoms with Gasteiger partial charge in [-0.3, -0.25) is 0 Å². The molecule has 0 spiro atoms. The van der Waals surface area contributed by atoms with Crippen LogP contribution >= 0.6 is 0 Å². The molecule has 0 amide bonds. The van der Waals surface area contributed by atoms with Crippen LogP contribution in [-0.4, -0.2) is 61.8 Å². The van der Waals surface area contributed by atoms with Crippen molar-refractivity contribution in [1.29, 1.82) is 0 Å². The van der Waals surface area contributed by atoms with E-state index in [1.165, 1.54) is 0 Å². The van der Waals surface area contributed by atoms with E-state index in [0.717, 1.165) is 47.3 Å². The van der Waals surface area contributed by atoms with E-state index in [1.54, 1.807) is 20.5 Å². The van der Waals surface area contributed by atoms with Crippen molar-refractivity contribution in [2.75, 3.05) is 38.8 Å². The highest BCUT2D eigenvalue weighted by Gasteiger charge is 2.29. The fraction of sp³-hybridized carbons (Fsp3) is 0.421. The molecule has 0 bridgehead atoms. The molecule has 136 valence electrons. The summed E-state index contributed by atoms with van der Waals surface area (Å²) in [6.07, 6.45) is 1.86. The van der Waals surface area contributed by atoms with Gasteiger partial charge in [-0.2, -0.15) is 0 Å². The molecule has 1 atom stereocenters. The number of hydrogen-bond acceptors (Lipinski definition) is 7. The minimum atomic E-state index is -0.00989. The standard InChI is InChI=1S/C19H22N4O3/c1-12(10-24-2)26-13-4-5-16-15(6-13)19(22-16)17-7-18(21-11-20-17)23-8-14(9-23)25-3/h4-7,11-12,14H,8-10H2,1-3H3. The molecule has 0 saturated carbocycles. The molecule has 0 N–H and O–H groups in total. The first kappa shape index (κ1) is 16.9. The number of anilines is 1. The van der Waals surface area contributed by atoms with Gasteiger partial charge < -0.3 is 19.1 Å². The van der Waals surface area contributed by atoms with Gasteiger partial charge in [0.25, 0.3) is 0 Å². The molecule has 7 heteroatoms. The van der Waals surface area contributed by atoms with E-state index in [2.05, 4.69) is 19.9 Å². The number of fused-ring (bicyclic) bond motifs is 1. The maximum atomic E-state index is 5.89. The van der Waals surface area contributed by atoms with Gasteiger partial charge in [0.1, 0.15) is 24.0 Å². The van der Waals surface area contributed by atoms with Crippen LogP contribution in [0.15, 0.2) is 35.6 Å². The lowest BCUT2D eigenvalue weighted by Crippen LogP contribution is -2.52. The van der Waals surface area contributed by atoms with E-state index in [1.807, 2.05) is 31.2 Å². The van der Waals surface area contributed by atoms with Gasteiger partial charge in [0.2, 0.25) is 0 Å². The Balaban J connectivity index is 1.50. The summed E-state index contributed by atoms with van der Waals surface area (Å²) in [7, 11) is 3.41. The van der Waals surface area contributed by atoms with Crippen molar-refractivity contribution in [2.45, 2.75) is 19.1 Å². The quantitative estimate of drug-likeness (QED) is 0.648. The van der Waals surface area contributed by atoms with Gasteiger partial charge >= 0.3 is 0 Å². The average Bonchev–Trinajstić information content (AvgIpc) is 2.57. The maximum absolute atomic E-state index is 5.89. The molecule has 0 aliphatic carbocycles. The lowest BCUT2D eigenvalue weighted by molar-refractivity contribution is 0.0783. The molecular formula is C19H22N4O3. The van der Waals surface area contributed by atoms with Crippen molar-refractivity contribution in [2.24, 2.45) is 4.99 Å². The summed E-state index contributed by atoms with van der Waals surface area (Å²) in [6, 6.07) is 7.89. The third kappa shape index (κ3) is 3.15. The van der Waals surface area contributed by atoms with Crippen LogP contribution in [-0.2, 0) is 9.47 Å². The Kier molecular flexibility index (Phi) is 4.57. The molecule has 2 aliphatic heterocycles. The molecule has 4 rings (SSSR count). The zero-order chi connectivity index (χ0) is 18.1. The Labute approximate surface area is 152 Å². The smallest absolute Gasteiger partial charge is 0.132 e. The first-order valence-corrected chi connectivity index (χ1v) is 8.67. The largest absolute Gasteiger partial charge is 0.488 e. The van der Waals surface area contributed by atoms with Crippen LogP contribution in [0.4, 0.5) is 11.5 Å². The summed E-state index contributed by atoms with van der Waals surface area (Å²) in [6.45, 7) is 4.23. The third-order valence-electron chi connectivity index (χ3n) is 4.59. The predicted molar refractivity (Wildman–Crippen MR) is 98.7 cm³/mol. The molecule has 1 aromatic heterocycles. The van der Waals surface area contributed by atoms with Gasteiger partial charge in [0.15, 0.2) is 0 Å². The number of benzene rings is 1. The minimum Gasteiger partial charge on any atom is -0.488 e. The Hall–Kier alpha value is -2.51. The second-order valence-corrected chi connectivity index (χ2v) is 6.55. The van der Waals surface area contributed by atoms with Gasteiger partial charge in [-0.1, -0.05) is 0 Å². The first-order valence-electron chi connectivity index (χ1n) is 8.67. The molecule has 1 fully saturated rings. The van der Waals surface area contributed by atoms with Crippen molar-refractivity contribution in [3.05, 3.63) is 41.9 Å². The summed E-state index contributed by atoms with van der Waals surface area (Å²) in [4.78, 5) is 15.5. The van der Waals surface area contributed by atoms with E-state index in [-0.39, 0.29) is 12.2 Å². The Morgan fingerprint density at radius 3 is 2.81 bits per heavy atom. The second-order valence-electron chi connectivity index (χ2n) is 6.55. The molecule has 0 radical (unpaired) electrons. The summed E-state index contributed by atoms with van der Waals surface area (Å²) in [5.74, 6) is 1.71.